The minimum atomic E-state index is -0.463. The Morgan fingerprint density at radius 2 is 1.80 bits per heavy atom. The molecule has 0 radical (unpaired) electrons. The number of ether oxygens (including phenoxy) is 2. The summed E-state index contributed by atoms with van der Waals surface area (Å²) in [4.78, 5) is 44.2. The number of carbonyl (C=O) groups excluding carboxylic acids is 2. The van der Waals surface area contributed by atoms with E-state index in [4.69, 9.17) is 18.9 Å². The van der Waals surface area contributed by atoms with Gasteiger partial charge < -0.3 is 23.9 Å². The topological polar surface area (TPSA) is 131 Å². The second-order valence-corrected chi connectivity index (χ2v) is 13.0. The number of oxazole rings is 1. The first-order valence-corrected chi connectivity index (χ1v) is 16.7. The van der Waals surface area contributed by atoms with E-state index >= 15 is 0 Å². The summed E-state index contributed by atoms with van der Waals surface area (Å²) >= 11 is 0. The quantitative estimate of drug-likeness (QED) is 0.316. The Bertz CT molecular complexity index is 1500. The highest BCUT2D eigenvalue weighted by molar-refractivity contribution is 5.94. The highest BCUT2D eigenvalue weighted by atomic mass is 16.6. The Kier molecular flexibility index (Phi) is 9.86. The van der Waals surface area contributed by atoms with Gasteiger partial charge in [0.05, 0.1) is 32.0 Å². The van der Waals surface area contributed by atoms with Crippen molar-refractivity contribution < 1.29 is 28.6 Å². The van der Waals surface area contributed by atoms with Crippen molar-refractivity contribution in [3.63, 3.8) is 0 Å². The molecule has 11 heteroatoms. The standard InChI is InChI=1S/C35H45N5O6/c1-4-33-38-30(21-45-33)26-15-16-36-32(17-26)40(18-23-5-7-24(8-6-23)29-13-14-31(44-3)22(2)37-29)34(42)25-9-11-28(12-10-25)46-35(43)39-19-27(41)20-39/h13-17,21,23-25,27-28,41H,4-12,18-20H2,1-3H3/t23-,24-,25-,28-. The zero-order valence-electron chi connectivity index (χ0n) is 27.1. The van der Waals surface area contributed by atoms with Gasteiger partial charge in [-0.25, -0.2) is 14.8 Å². The molecule has 1 saturated heterocycles. The largest absolute Gasteiger partial charge is 0.495 e. The molecule has 2 amide bonds. The van der Waals surface area contributed by atoms with Crippen molar-refractivity contribution in [3.05, 3.63) is 54.0 Å². The maximum atomic E-state index is 14.3. The minimum absolute atomic E-state index is 0.0734. The first-order chi connectivity index (χ1) is 22.3. The molecule has 4 heterocycles. The molecule has 1 N–H and O–H groups in total. The zero-order chi connectivity index (χ0) is 32.2. The fourth-order valence-electron chi connectivity index (χ4n) is 7.01. The van der Waals surface area contributed by atoms with Gasteiger partial charge in [0, 0.05) is 42.3 Å². The number of pyridine rings is 2. The number of hydrogen-bond acceptors (Lipinski definition) is 9. The van der Waals surface area contributed by atoms with Gasteiger partial charge in [0.15, 0.2) is 5.89 Å². The number of rotatable bonds is 9. The molecule has 3 aromatic rings. The molecule has 0 unspecified atom stereocenters. The molecular weight excluding hydrogens is 586 g/mol. The van der Waals surface area contributed by atoms with Gasteiger partial charge in [0.1, 0.15) is 29.6 Å². The lowest BCUT2D eigenvalue weighted by atomic mass is 9.79. The molecule has 2 aliphatic carbocycles. The minimum Gasteiger partial charge on any atom is -0.495 e. The fraction of sp³-hybridized carbons (Fsp3) is 0.571. The Labute approximate surface area is 270 Å². The van der Waals surface area contributed by atoms with Crippen LogP contribution in [0.25, 0.3) is 11.3 Å². The first-order valence-electron chi connectivity index (χ1n) is 16.7. The smallest absolute Gasteiger partial charge is 0.410 e. The molecule has 3 aromatic heterocycles. The molecule has 0 spiro atoms. The number of aromatic nitrogens is 3. The zero-order valence-corrected chi connectivity index (χ0v) is 27.1. The van der Waals surface area contributed by atoms with Gasteiger partial charge in [-0.3, -0.25) is 14.7 Å². The van der Waals surface area contributed by atoms with Gasteiger partial charge in [-0.1, -0.05) is 6.92 Å². The summed E-state index contributed by atoms with van der Waals surface area (Å²) in [6, 6.07) is 7.93. The van der Waals surface area contributed by atoms with Crippen molar-refractivity contribution in [1.82, 2.24) is 19.9 Å². The van der Waals surface area contributed by atoms with Crippen LogP contribution in [0, 0.1) is 18.8 Å². The third-order valence-corrected chi connectivity index (χ3v) is 9.83. The van der Waals surface area contributed by atoms with Gasteiger partial charge >= 0.3 is 6.09 Å². The molecule has 0 bridgehead atoms. The number of aliphatic hydroxyl groups excluding tert-OH is 1. The molecular formula is C35H45N5O6. The van der Waals surface area contributed by atoms with Crippen molar-refractivity contribution >= 4 is 17.8 Å². The summed E-state index contributed by atoms with van der Waals surface area (Å²) < 4.78 is 16.7. The summed E-state index contributed by atoms with van der Waals surface area (Å²) in [5, 5.41) is 9.51. The van der Waals surface area contributed by atoms with Gasteiger partial charge in [-0.05, 0) is 88.5 Å². The molecule has 11 nitrogen and oxygen atoms in total. The number of amides is 2. The SMILES string of the molecule is CCc1nc(-c2ccnc(N(C[C@H]3CC[C@H](c4ccc(OC)c(C)n4)CC3)C(=O)[C@H]3CC[C@H](OC(=O)N4CC(O)C4)CC3)c2)co1. The van der Waals surface area contributed by atoms with Crippen LogP contribution in [0.1, 0.15) is 81.5 Å². The normalized spacial score (nSPS) is 23.4. The fourth-order valence-corrected chi connectivity index (χ4v) is 7.01. The van der Waals surface area contributed by atoms with Crippen LogP contribution in [0.4, 0.5) is 10.6 Å². The highest BCUT2D eigenvalue weighted by Gasteiger charge is 2.36. The maximum Gasteiger partial charge on any atom is 0.410 e. The first kappa shape index (κ1) is 32.0. The highest BCUT2D eigenvalue weighted by Crippen LogP contribution is 2.38. The Morgan fingerprint density at radius 3 is 2.46 bits per heavy atom. The number of nitrogens with zero attached hydrogens (tertiary/aromatic N) is 5. The third kappa shape index (κ3) is 7.19. The van der Waals surface area contributed by atoms with Crippen LogP contribution in [0.2, 0.25) is 0 Å². The summed E-state index contributed by atoms with van der Waals surface area (Å²) in [7, 11) is 1.67. The summed E-state index contributed by atoms with van der Waals surface area (Å²) in [6.07, 6.45) is 9.64. The van der Waals surface area contributed by atoms with E-state index in [-0.39, 0.29) is 24.0 Å². The van der Waals surface area contributed by atoms with Gasteiger partial charge in [0.25, 0.3) is 0 Å². The Hall–Kier alpha value is -3.99. The van der Waals surface area contributed by atoms with E-state index in [2.05, 4.69) is 16.0 Å². The molecule has 6 rings (SSSR count). The summed E-state index contributed by atoms with van der Waals surface area (Å²) in [5.74, 6) is 2.74. The van der Waals surface area contributed by atoms with E-state index in [0.29, 0.717) is 75.3 Å². The average Bonchev–Trinajstić information content (AvgIpc) is 3.56. The van der Waals surface area contributed by atoms with Crippen LogP contribution in [0.5, 0.6) is 5.75 Å². The maximum absolute atomic E-state index is 14.3. The molecule has 46 heavy (non-hydrogen) atoms. The molecule has 0 atom stereocenters. The van der Waals surface area contributed by atoms with Crippen molar-refractivity contribution in [3.8, 4) is 17.0 Å². The third-order valence-electron chi connectivity index (χ3n) is 9.83. The number of hydrogen-bond donors (Lipinski definition) is 1. The molecule has 3 fully saturated rings. The van der Waals surface area contributed by atoms with E-state index in [1.165, 1.54) is 4.90 Å². The van der Waals surface area contributed by atoms with Gasteiger partial charge in [-0.2, -0.15) is 0 Å². The van der Waals surface area contributed by atoms with E-state index in [0.717, 1.165) is 54.1 Å². The van der Waals surface area contributed by atoms with E-state index in [9.17, 15) is 14.7 Å². The predicted octanol–water partition coefficient (Wildman–Crippen LogP) is 5.69. The lowest BCUT2D eigenvalue weighted by Crippen LogP contribution is -2.54. The van der Waals surface area contributed by atoms with E-state index in [1.807, 2.05) is 36.9 Å². The van der Waals surface area contributed by atoms with Crippen LogP contribution in [0.3, 0.4) is 0 Å². The van der Waals surface area contributed by atoms with Crippen molar-refractivity contribution in [2.45, 2.75) is 89.8 Å². The van der Waals surface area contributed by atoms with Crippen molar-refractivity contribution in [1.29, 1.82) is 0 Å². The second-order valence-electron chi connectivity index (χ2n) is 13.0. The van der Waals surface area contributed by atoms with Gasteiger partial charge in [-0.15, -0.1) is 0 Å². The van der Waals surface area contributed by atoms with Crippen LogP contribution >= 0.6 is 0 Å². The van der Waals surface area contributed by atoms with Gasteiger partial charge in [0.2, 0.25) is 5.91 Å². The molecule has 1 aliphatic heterocycles. The number of methoxy groups -OCH3 is 1. The lowest BCUT2D eigenvalue weighted by Gasteiger charge is -2.37. The molecule has 3 aliphatic rings. The summed E-state index contributed by atoms with van der Waals surface area (Å²) in [5.41, 5.74) is 3.61. The predicted molar refractivity (Wildman–Crippen MR) is 171 cm³/mol. The van der Waals surface area contributed by atoms with Crippen molar-refractivity contribution in [2.24, 2.45) is 11.8 Å². The second kappa shape index (κ2) is 14.2. The number of aliphatic hydroxyl groups is 1. The van der Waals surface area contributed by atoms with Crippen LogP contribution < -0.4 is 9.64 Å². The van der Waals surface area contributed by atoms with Crippen LogP contribution in [-0.2, 0) is 16.0 Å². The Balaban J connectivity index is 1.14. The number of β-amino-alcohol motifs (C(OH)–C–C–N with tert-alkyl or cyclic N) is 1. The Morgan fingerprint density at radius 1 is 1.04 bits per heavy atom. The van der Waals surface area contributed by atoms with Crippen LogP contribution in [0.15, 0.2) is 41.1 Å². The van der Waals surface area contributed by atoms with E-state index < -0.39 is 6.10 Å². The molecule has 2 saturated carbocycles. The van der Waals surface area contributed by atoms with E-state index in [1.54, 1.807) is 19.6 Å². The number of carbonyl (C=O) groups is 2. The number of likely N-dealkylation sites (tertiary alicyclic amines) is 1. The monoisotopic (exact) mass is 631 g/mol. The summed E-state index contributed by atoms with van der Waals surface area (Å²) in [6.45, 7) is 5.22. The number of anilines is 1. The number of aryl methyl sites for hydroxylation is 2. The van der Waals surface area contributed by atoms with Crippen molar-refractivity contribution in [2.75, 3.05) is 31.6 Å². The molecule has 246 valence electrons. The average molecular weight is 632 g/mol. The lowest BCUT2D eigenvalue weighted by molar-refractivity contribution is -0.124. The molecule has 0 aromatic carbocycles. The van der Waals surface area contributed by atoms with Crippen LogP contribution in [-0.4, -0.2) is 75.9 Å².